The lowest BCUT2D eigenvalue weighted by molar-refractivity contribution is -0.118. The highest BCUT2D eigenvalue weighted by Gasteiger charge is 2.08. The average molecular weight is 209 g/mol. The Morgan fingerprint density at radius 3 is 2.93 bits per heavy atom. The van der Waals surface area contributed by atoms with Crippen molar-refractivity contribution in [1.29, 1.82) is 0 Å². The van der Waals surface area contributed by atoms with Crippen LogP contribution in [0.2, 0.25) is 0 Å². The van der Waals surface area contributed by atoms with Gasteiger partial charge in [-0.3, -0.25) is 9.48 Å². The van der Waals surface area contributed by atoms with Crippen LogP contribution >= 0.6 is 0 Å². The first kappa shape index (κ1) is 11.9. The van der Waals surface area contributed by atoms with Crippen LogP contribution in [0.15, 0.2) is 6.07 Å². The number of hydrogen-bond acceptors (Lipinski definition) is 3. The summed E-state index contributed by atoms with van der Waals surface area (Å²) in [5.74, 6) is 0.245. The molecule has 15 heavy (non-hydrogen) atoms. The van der Waals surface area contributed by atoms with Crippen LogP contribution in [0.5, 0.6) is 0 Å². The van der Waals surface area contributed by atoms with Crippen molar-refractivity contribution in [3.05, 3.63) is 17.5 Å². The molecule has 4 nitrogen and oxygen atoms in total. The van der Waals surface area contributed by atoms with Gasteiger partial charge in [0.15, 0.2) is 0 Å². The molecule has 0 aliphatic heterocycles. The van der Waals surface area contributed by atoms with Crippen molar-refractivity contribution in [2.45, 2.75) is 39.7 Å². The molecule has 2 N–H and O–H groups in total. The first-order valence-electron chi connectivity index (χ1n) is 5.42. The molecule has 0 aromatic carbocycles. The zero-order valence-corrected chi connectivity index (χ0v) is 9.49. The topological polar surface area (TPSA) is 60.9 Å². The predicted molar refractivity (Wildman–Crippen MR) is 59.6 cm³/mol. The summed E-state index contributed by atoms with van der Waals surface area (Å²) in [6.45, 7) is 5.37. The molecule has 0 spiro atoms. The van der Waals surface area contributed by atoms with Crippen molar-refractivity contribution in [3.8, 4) is 0 Å². The number of nitrogens with two attached hydrogens (primary N) is 1. The number of carbonyl (C=O) groups excluding carboxylic acids is 1. The van der Waals surface area contributed by atoms with Crippen LogP contribution in [0.25, 0.3) is 0 Å². The Hall–Kier alpha value is -1.16. The quantitative estimate of drug-likeness (QED) is 0.762. The minimum Gasteiger partial charge on any atom is -0.330 e. The number of carbonyl (C=O) groups is 1. The second-order valence-corrected chi connectivity index (χ2v) is 3.70. The van der Waals surface area contributed by atoms with Crippen molar-refractivity contribution < 1.29 is 4.79 Å². The second kappa shape index (κ2) is 5.66. The van der Waals surface area contributed by atoms with E-state index in [1.54, 1.807) is 0 Å². The molecule has 84 valence electrons. The van der Waals surface area contributed by atoms with Gasteiger partial charge in [-0.25, -0.2) is 0 Å². The van der Waals surface area contributed by atoms with Gasteiger partial charge in [-0.15, -0.1) is 0 Å². The fourth-order valence-electron chi connectivity index (χ4n) is 1.60. The number of ketones is 1. The Kier molecular flexibility index (Phi) is 4.49. The third kappa shape index (κ3) is 3.47. The number of nitrogens with zero attached hydrogens (tertiary/aromatic N) is 2. The lowest BCUT2D eigenvalue weighted by atomic mass is 10.1. The molecule has 0 atom stereocenters. The van der Waals surface area contributed by atoms with Crippen LogP contribution in [-0.2, 0) is 17.8 Å². The van der Waals surface area contributed by atoms with Gasteiger partial charge in [-0.05, 0) is 32.9 Å². The number of hydrogen-bond donors (Lipinski definition) is 1. The standard InChI is InChI=1S/C11H19N3O/c1-3-14-10(7-9(2)13-14)8-11(15)5-4-6-12/h7H,3-6,8,12H2,1-2H3. The lowest BCUT2D eigenvalue weighted by Crippen LogP contribution is -2.11. The molecule has 0 amide bonds. The minimum atomic E-state index is 0.245. The third-order valence-electron chi connectivity index (χ3n) is 2.32. The van der Waals surface area contributed by atoms with Gasteiger partial charge in [0.2, 0.25) is 0 Å². The van der Waals surface area contributed by atoms with E-state index in [0.717, 1.165) is 24.4 Å². The molecule has 0 aliphatic rings. The minimum absolute atomic E-state index is 0.245. The Bertz CT molecular complexity index is 331. The van der Waals surface area contributed by atoms with Gasteiger partial charge in [-0.1, -0.05) is 0 Å². The summed E-state index contributed by atoms with van der Waals surface area (Å²) in [6.07, 6.45) is 1.83. The normalized spacial score (nSPS) is 10.6. The van der Waals surface area contributed by atoms with E-state index in [2.05, 4.69) is 5.10 Å². The van der Waals surface area contributed by atoms with Gasteiger partial charge >= 0.3 is 0 Å². The maximum atomic E-state index is 11.6. The molecular weight excluding hydrogens is 190 g/mol. The summed E-state index contributed by atoms with van der Waals surface area (Å²) in [5.41, 5.74) is 7.34. The van der Waals surface area contributed by atoms with Gasteiger partial charge in [0.1, 0.15) is 5.78 Å². The van der Waals surface area contributed by atoms with Gasteiger partial charge in [0.05, 0.1) is 5.69 Å². The highest BCUT2D eigenvalue weighted by atomic mass is 16.1. The highest BCUT2D eigenvalue weighted by Crippen LogP contribution is 2.06. The lowest BCUT2D eigenvalue weighted by Gasteiger charge is -2.03. The monoisotopic (exact) mass is 209 g/mol. The Balaban J connectivity index is 2.59. The Morgan fingerprint density at radius 1 is 1.60 bits per heavy atom. The van der Waals surface area contributed by atoms with E-state index in [4.69, 9.17) is 5.73 Å². The molecule has 0 saturated heterocycles. The van der Waals surface area contributed by atoms with E-state index in [9.17, 15) is 4.79 Å². The van der Waals surface area contributed by atoms with Crippen molar-refractivity contribution in [3.63, 3.8) is 0 Å². The van der Waals surface area contributed by atoms with Crippen molar-refractivity contribution >= 4 is 5.78 Å². The maximum absolute atomic E-state index is 11.6. The Labute approximate surface area is 90.5 Å². The molecule has 4 heteroatoms. The molecule has 0 aliphatic carbocycles. The molecule has 0 radical (unpaired) electrons. The first-order valence-corrected chi connectivity index (χ1v) is 5.42. The van der Waals surface area contributed by atoms with E-state index in [0.29, 0.717) is 19.4 Å². The Morgan fingerprint density at radius 2 is 2.33 bits per heavy atom. The molecular formula is C11H19N3O. The summed E-state index contributed by atoms with van der Waals surface area (Å²) < 4.78 is 1.88. The maximum Gasteiger partial charge on any atom is 0.138 e. The van der Waals surface area contributed by atoms with Crippen LogP contribution in [-0.4, -0.2) is 22.1 Å². The fraction of sp³-hybridized carbons (Fsp3) is 0.636. The van der Waals surface area contributed by atoms with Gasteiger partial charge in [0.25, 0.3) is 0 Å². The van der Waals surface area contributed by atoms with E-state index in [-0.39, 0.29) is 5.78 Å². The third-order valence-corrected chi connectivity index (χ3v) is 2.32. The summed E-state index contributed by atoms with van der Waals surface area (Å²) in [7, 11) is 0. The van der Waals surface area contributed by atoms with E-state index in [1.807, 2.05) is 24.6 Å². The highest BCUT2D eigenvalue weighted by molar-refractivity contribution is 5.80. The van der Waals surface area contributed by atoms with Gasteiger partial charge in [-0.2, -0.15) is 5.10 Å². The molecule has 1 aromatic rings. The molecule has 0 saturated carbocycles. The van der Waals surface area contributed by atoms with Gasteiger partial charge in [0, 0.05) is 25.1 Å². The SMILES string of the molecule is CCn1nc(C)cc1CC(=O)CCCN. The molecule has 1 heterocycles. The average Bonchev–Trinajstić information content (AvgIpc) is 2.55. The number of aryl methyl sites for hydroxylation is 2. The second-order valence-electron chi connectivity index (χ2n) is 3.70. The van der Waals surface area contributed by atoms with E-state index < -0.39 is 0 Å². The van der Waals surface area contributed by atoms with Crippen LogP contribution in [0.1, 0.15) is 31.2 Å². The smallest absolute Gasteiger partial charge is 0.138 e. The van der Waals surface area contributed by atoms with Crippen molar-refractivity contribution in [2.75, 3.05) is 6.54 Å². The summed E-state index contributed by atoms with van der Waals surface area (Å²) >= 11 is 0. The van der Waals surface area contributed by atoms with Crippen molar-refractivity contribution in [1.82, 2.24) is 9.78 Å². The predicted octanol–water partition coefficient (Wildman–Crippen LogP) is 1.06. The molecule has 0 unspecified atom stereocenters. The summed E-state index contributed by atoms with van der Waals surface area (Å²) in [4.78, 5) is 11.6. The molecule has 1 aromatic heterocycles. The van der Waals surface area contributed by atoms with Crippen LogP contribution in [0.4, 0.5) is 0 Å². The first-order chi connectivity index (χ1) is 7.17. The molecule has 0 fully saturated rings. The zero-order chi connectivity index (χ0) is 11.3. The summed E-state index contributed by atoms with van der Waals surface area (Å²) in [6, 6.07) is 1.98. The largest absolute Gasteiger partial charge is 0.330 e. The van der Waals surface area contributed by atoms with Crippen LogP contribution in [0, 0.1) is 6.92 Å². The number of aromatic nitrogens is 2. The molecule has 0 bridgehead atoms. The van der Waals surface area contributed by atoms with Crippen LogP contribution < -0.4 is 5.73 Å². The van der Waals surface area contributed by atoms with Crippen molar-refractivity contribution in [2.24, 2.45) is 5.73 Å². The number of rotatable bonds is 6. The molecule has 1 rings (SSSR count). The van der Waals surface area contributed by atoms with Gasteiger partial charge < -0.3 is 5.73 Å². The number of Topliss-reactive ketones (excluding diaryl/α,β-unsaturated/α-hetero) is 1. The van der Waals surface area contributed by atoms with Crippen LogP contribution in [0.3, 0.4) is 0 Å². The van der Waals surface area contributed by atoms with E-state index in [1.165, 1.54) is 0 Å². The fourth-order valence-corrected chi connectivity index (χ4v) is 1.60. The zero-order valence-electron chi connectivity index (χ0n) is 9.49. The van der Waals surface area contributed by atoms with E-state index >= 15 is 0 Å². The summed E-state index contributed by atoms with van der Waals surface area (Å²) in [5, 5.41) is 4.30.